The number of carbonyl (C=O) groups is 1. The molecule has 9 heteroatoms. The van der Waals surface area contributed by atoms with Crippen molar-refractivity contribution in [1.82, 2.24) is 19.7 Å². The summed E-state index contributed by atoms with van der Waals surface area (Å²) in [4.78, 5) is 16.3. The van der Waals surface area contributed by atoms with E-state index < -0.39 is 23.0 Å². The van der Waals surface area contributed by atoms with Crippen molar-refractivity contribution in [3.05, 3.63) is 53.1 Å². The van der Waals surface area contributed by atoms with Gasteiger partial charge in [-0.3, -0.25) is 5.10 Å². The molecule has 4 aromatic rings. The van der Waals surface area contributed by atoms with E-state index in [1.165, 1.54) is 6.07 Å². The fourth-order valence-corrected chi connectivity index (χ4v) is 5.06. The van der Waals surface area contributed by atoms with Crippen LogP contribution in [0.4, 0.5) is 8.78 Å². The molecule has 1 aromatic carbocycles. The van der Waals surface area contributed by atoms with Gasteiger partial charge in [-0.25, -0.2) is 18.6 Å². The number of hydrogen-bond acceptors (Lipinski definition) is 4. The van der Waals surface area contributed by atoms with Gasteiger partial charge in [-0.15, -0.1) is 0 Å². The number of hydrogen-bond donors (Lipinski definition) is 2. The Bertz CT molecular complexity index is 1510. The second-order valence-electron chi connectivity index (χ2n) is 9.79. The number of alkyl halides is 1. The Morgan fingerprint density at radius 2 is 2.12 bits per heavy atom. The van der Waals surface area contributed by atoms with Gasteiger partial charge in [0.1, 0.15) is 5.82 Å². The molecule has 2 N–H and O–H groups in total. The van der Waals surface area contributed by atoms with Crippen LogP contribution in [-0.2, 0) is 10.2 Å². The van der Waals surface area contributed by atoms with Crippen LogP contribution in [0.1, 0.15) is 55.8 Å². The summed E-state index contributed by atoms with van der Waals surface area (Å²) >= 11 is 0. The van der Waals surface area contributed by atoms with Crippen LogP contribution in [0.2, 0.25) is 0 Å². The normalized spacial score (nSPS) is 20.4. The maximum Gasteiger partial charge on any atom is 0.341 e. The molecule has 0 atom stereocenters. The van der Waals surface area contributed by atoms with Gasteiger partial charge < -0.3 is 9.67 Å². The minimum Gasteiger partial charge on any atom is -0.479 e. The van der Waals surface area contributed by atoms with Crippen LogP contribution in [0.15, 0.2) is 30.5 Å². The maximum atomic E-state index is 14.8. The lowest BCUT2D eigenvalue weighted by molar-refractivity contribution is -0.158. The molecule has 0 radical (unpaired) electrons. The van der Waals surface area contributed by atoms with Crippen molar-refractivity contribution < 1.29 is 18.7 Å². The van der Waals surface area contributed by atoms with Crippen molar-refractivity contribution in [3.63, 3.8) is 0 Å². The lowest BCUT2D eigenvalue weighted by atomic mass is 9.67. The van der Waals surface area contributed by atoms with Gasteiger partial charge in [0.05, 0.1) is 23.3 Å². The summed E-state index contributed by atoms with van der Waals surface area (Å²) in [5, 5.41) is 26.6. The maximum absolute atomic E-state index is 14.8. The highest BCUT2D eigenvalue weighted by Crippen LogP contribution is 2.53. The number of rotatable bonds is 5. The van der Waals surface area contributed by atoms with Crippen LogP contribution in [0, 0.1) is 24.1 Å². The van der Waals surface area contributed by atoms with E-state index in [9.17, 15) is 23.9 Å². The van der Waals surface area contributed by atoms with Gasteiger partial charge >= 0.3 is 5.97 Å². The highest BCUT2D eigenvalue weighted by molar-refractivity contribution is 5.94. The van der Waals surface area contributed by atoms with Crippen LogP contribution < -0.4 is 0 Å². The standard InChI is InChI=1S/C25H23F2N5O2/c1-13-8-16(4-5-17(13)26)32-18-9-14-12-29-31-22(14)30-20(18)19(21(32)24(2,3)6-7-28)15-10-25(27,11-15)23(33)34/h4-5,8-9,12,15H,6,10-11H2,1-3H3,(H,33,34)(H,29,30,31)/t15-,25+. The Balaban J connectivity index is 1.87. The van der Waals surface area contributed by atoms with Gasteiger partial charge in [0.2, 0.25) is 5.67 Å². The summed E-state index contributed by atoms with van der Waals surface area (Å²) in [6.45, 7) is 5.52. The van der Waals surface area contributed by atoms with E-state index in [0.717, 1.165) is 16.6 Å². The fourth-order valence-electron chi connectivity index (χ4n) is 5.06. The summed E-state index contributed by atoms with van der Waals surface area (Å²) in [6, 6.07) is 8.92. The quantitative estimate of drug-likeness (QED) is 0.422. The number of aliphatic carboxylic acids is 1. The number of aromatic nitrogens is 4. The number of aromatic amines is 1. The molecule has 7 nitrogen and oxygen atoms in total. The van der Waals surface area contributed by atoms with Crippen molar-refractivity contribution in [2.24, 2.45) is 0 Å². The summed E-state index contributed by atoms with van der Waals surface area (Å²) in [5.74, 6) is -2.20. The van der Waals surface area contributed by atoms with E-state index in [4.69, 9.17) is 4.98 Å². The zero-order valence-electron chi connectivity index (χ0n) is 19.0. The predicted octanol–water partition coefficient (Wildman–Crippen LogP) is 5.21. The van der Waals surface area contributed by atoms with Crippen molar-refractivity contribution >= 4 is 28.0 Å². The SMILES string of the molecule is Cc1cc(-n2c(C(C)(C)CC#N)c([C@H]3C[C@](F)(C(=O)O)C3)c3nc4[nH]ncc4cc32)ccc1F. The second-order valence-corrected chi connectivity index (χ2v) is 9.79. The first kappa shape index (κ1) is 22.0. The molecule has 0 aliphatic heterocycles. The molecule has 0 spiro atoms. The molecule has 0 unspecified atom stereocenters. The van der Waals surface area contributed by atoms with E-state index in [0.29, 0.717) is 27.9 Å². The zero-order chi connectivity index (χ0) is 24.4. The van der Waals surface area contributed by atoms with Gasteiger partial charge in [0.25, 0.3) is 0 Å². The molecule has 3 heterocycles. The number of nitriles is 1. The number of halogens is 2. The molecule has 1 fully saturated rings. The zero-order valence-corrected chi connectivity index (χ0v) is 19.0. The van der Waals surface area contributed by atoms with E-state index in [-0.39, 0.29) is 25.1 Å². The molecule has 0 bridgehead atoms. The highest BCUT2D eigenvalue weighted by atomic mass is 19.1. The minimum atomic E-state index is -2.29. The summed E-state index contributed by atoms with van der Waals surface area (Å²) in [7, 11) is 0. The van der Waals surface area contributed by atoms with Crippen molar-refractivity contribution in [2.75, 3.05) is 0 Å². The first-order valence-corrected chi connectivity index (χ1v) is 11.0. The number of aryl methyl sites for hydroxylation is 1. The first-order valence-electron chi connectivity index (χ1n) is 11.0. The van der Waals surface area contributed by atoms with Gasteiger partial charge in [-0.2, -0.15) is 10.4 Å². The molecule has 174 valence electrons. The predicted molar refractivity (Wildman–Crippen MR) is 122 cm³/mol. The molecule has 3 aromatic heterocycles. The number of benzene rings is 1. The summed E-state index contributed by atoms with van der Waals surface area (Å²) < 4.78 is 30.9. The van der Waals surface area contributed by atoms with Crippen LogP contribution in [0.5, 0.6) is 0 Å². The van der Waals surface area contributed by atoms with Gasteiger partial charge in [-0.05, 0) is 55.5 Å². The Morgan fingerprint density at radius 3 is 2.76 bits per heavy atom. The Labute approximate surface area is 194 Å². The van der Waals surface area contributed by atoms with Crippen molar-refractivity contribution in [3.8, 4) is 11.8 Å². The number of pyridine rings is 1. The monoisotopic (exact) mass is 463 g/mol. The third-order valence-corrected chi connectivity index (χ3v) is 6.87. The van der Waals surface area contributed by atoms with Crippen LogP contribution >= 0.6 is 0 Å². The van der Waals surface area contributed by atoms with E-state index in [1.54, 1.807) is 25.3 Å². The van der Waals surface area contributed by atoms with Gasteiger partial charge in [0, 0.05) is 34.2 Å². The first-order chi connectivity index (χ1) is 16.1. The number of carboxylic acids is 1. The lowest BCUT2D eigenvalue weighted by Crippen LogP contribution is -2.46. The molecule has 0 amide bonds. The van der Waals surface area contributed by atoms with E-state index >= 15 is 0 Å². The molecule has 1 aliphatic rings. The van der Waals surface area contributed by atoms with Crippen molar-refractivity contribution in [2.45, 2.75) is 57.0 Å². The fraction of sp³-hybridized carbons (Fsp3) is 0.360. The van der Waals surface area contributed by atoms with Crippen LogP contribution in [0.3, 0.4) is 0 Å². The largest absolute Gasteiger partial charge is 0.479 e. The second kappa shape index (κ2) is 7.35. The highest BCUT2D eigenvalue weighted by Gasteiger charge is 2.54. The van der Waals surface area contributed by atoms with Gasteiger partial charge in [-0.1, -0.05) is 13.8 Å². The summed E-state index contributed by atoms with van der Waals surface area (Å²) in [6.07, 6.45) is 1.46. The Hall–Kier alpha value is -3.80. The number of nitrogens with zero attached hydrogens (tertiary/aromatic N) is 4. The molecule has 0 saturated heterocycles. The number of fused-ring (bicyclic) bond motifs is 2. The number of nitrogens with one attached hydrogen (secondary N) is 1. The molecule has 5 rings (SSSR count). The van der Waals surface area contributed by atoms with Crippen LogP contribution in [0.25, 0.3) is 27.8 Å². The average molecular weight is 463 g/mol. The average Bonchev–Trinajstić information content (AvgIpc) is 3.33. The van der Waals surface area contributed by atoms with Gasteiger partial charge in [0.15, 0.2) is 5.65 Å². The molecule has 34 heavy (non-hydrogen) atoms. The lowest BCUT2D eigenvalue weighted by Gasteiger charge is -2.39. The molecular formula is C25H23F2N5O2. The van der Waals surface area contributed by atoms with Crippen LogP contribution in [-0.4, -0.2) is 36.5 Å². The Kier molecular flexibility index (Phi) is 4.76. The summed E-state index contributed by atoms with van der Waals surface area (Å²) in [5.41, 5.74) is 1.50. The molecular weight excluding hydrogens is 440 g/mol. The number of carboxylic acid groups (broad SMARTS) is 1. The topological polar surface area (TPSA) is 108 Å². The van der Waals surface area contributed by atoms with E-state index in [1.807, 2.05) is 24.5 Å². The third-order valence-electron chi connectivity index (χ3n) is 6.87. The smallest absolute Gasteiger partial charge is 0.341 e. The Morgan fingerprint density at radius 1 is 1.38 bits per heavy atom. The number of H-pyrrole nitrogens is 1. The van der Waals surface area contributed by atoms with E-state index in [2.05, 4.69) is 16.3 Å². The van der Waals surface area contributed by atoms with Crippen molar-refractivity contribution in [1.29, 1.82) is 5.26 Å². The third kappa shape index (κ3) is 3.16. The minimum absolute atomic E-state index is 0.169. The molecule has 1 aliphatic carbocycles. The molecule has 1 saturated carbocycles.